The minimum Gasteiger partial charge on any atom is -0.0654 e. The third kappa shape index (κ3) is 7.14. The Bertz CT molecular complexity index is 202. The van der Waals surface area contributed by atoms with Gasteiger partial charge in [-0.15, -0.1) is 0 Å². The Morgan fingerprint density at radius 1 is 0.750 bits per heavy atom. The molecule has 20 heavy (non-hydrogen) atoms. The summed E-state index contributed by atoms with van der Waals surface area (Å²) < 4.78 is 0. The number of hydrogen-bond acceptors (Lipinski definition) is 0. The Morgan fingerprint density at radius 2 is 1.50 bits per heavy atom. The van der Waals surface area contributed by atoms with Gasteiger partial charge in [-0.25, -0.2) is 0 Å². The van der Waals surface area contributed by atoms with Crippen molar-refractivity contribution in [1.29, 1.82) is 0 Å². The van der Waals surface area contributed by atoms with Gasteiger partial charge in [-0.05, 0) is 24.2 Å². The summed E-state index contributed by atoms with van der Waals surface area (Å²) in [5.41, 5.74) is 0. The lowest BCUT2D eigenvalue weighted by Crippen LogP contribution is -2.18. The van der Waals surface area contributed by atoms with Gasteiger partial charge in [-0.3, -0.25) is 0 Å². The second-order valence-electron chi connectivity index (χ2n) is 7.27. The second-order valence-corrected chi connectivity index (χ2v) is 7.27. The molecule has 0 amide bonds. The van der Waals surface area contributed by atoms with E-state index in [1.54, 1.807) is 0 Å². The van der Waals surface area contributed by atoms with Gasteiger partial charge < -0.3 is 0 Å². The molecule has 0 spiro atoms. The SMILES string of the molecule is CCCCCCC(CC)CCC(CC)C1CCCCC1. The second kappa shape index (κ2) is 11.6. The van der Waals surface area contributed by atoms with E-state index in [0.29, 0.717) is 0 Å². The summed E-state index contributed by atoms with van der Waals surface area (Å²) in [5, 5.41) is 0. The summed E-state index contributed by atoms with van der Waals surface area (Å²) in [6.45, 7) is 7.15. The number of rotatable bonds is 11. The van der Waals surface area contributed by atoms with Crippen molar-refractivity contribution in [3.63, 3.8) is 0 Å². The zero-order chi connectivity index (χ0) is 14.6. The van der Waals surface area contributed by atoms with Gasteiger partial charge in [-0.2, -0.15) is 0 Å². The van der Waals surface area contributed by atoms with Crippen LogP contribution in [0.1, 0.15) is 111 Å². The average molecular weight is 281 g/mol. The average Bonchev–Trinajstić information content (AvgIpc) is 2.51. The highest BCUT2D eigenvalue weighted by molar-refractivity contribution is 4.74. The highest BCUT2D eigenvalue weighted by atomic mass is 14.3. The third-order valence-corrected chi connectivity index (χ3v) is 5.83. The first-order chi connectivity index (χ1) is 9.81. The Balaban J connectivity index is 2.22. The molecule has 1 aliphatic rings. The lowest BCUT2D eigenvalue weighted by Gasteiger charge is -2.30. The van der Waals surface area contributed by atoms with Crippen LogP contribution in [-0.2, 0) is 0 Å². The van der Waals surface area contributed by atoms with E-state index in [0.717, 1.165) is 17.8 Å². The largest absolute Gasteiger partial charge is 0.0654 e. The van der Waals surface area contributed by atoms with Crippen LogP contribution in [0.25, 0.3) is 0 Å². The number of unbranched alkanes of at least 4 members (excludes halogenated alkanes) is 3. The lowest BCUT2D eigenvalue weighted by atomic mass is 9.75. The Morgan fingerprint density at radius 3 is 2.10 bits per heavy atom. The smallest absolute Gasteiger partial charge is 0.0386 e. The van der Waals surface area contributed by atoms with Crippen molar-refractivity contribution >= 4 is 0 Å². The van der Waals surface area contributed by atoms with E-state index in [1.807, 2.05) is 0 Å². The van der Waals surface area contributed by atoms with Gasteiger partial charge in [0.1, 0.15) is 0 Å². The zero-order valence-corrected chi connectivity index (χ0v) is 14.6. The van der Waals surface area contributed by atoms with Gasteiger partial charge in [0.15, 0.2) is 0 Å². The highest BCUT2D eigenvalue weighted by Crippen LogP contribution is 2.35. The van der Waals surface area contributed by atoms with Crippen molar-refractivity contribution in [3.8, 4) is 0 Å². The predicted octanol–water partition coefficient (Wildman–Crippen LogP) is 7.37. The molecule has 0 heteroatoms. The van der Waals surface area contributed by atoms with Crippen LogP contribution in [0.3, 0.4) is 0 Å². The molecule has 0 heterocycles. The van der Waals surface area contributed by atoms with Crippen molar-refractivity contribution < 1.29 is 0 Å². The summed E-state index contributed by atoms with van der Waals surface area (Å²) >= 11 is 0. The van der Waals surface area contributed by atoms with E-state index in [-0.39, 0.29) is 0 Å². The molecule has 0 bridgehead atoms. The molecule has 120 valence electrons. The van der Waals surface area contributed by atoms with Gasteiger partial charge in [-0.1, -0.05) is 104 Å². The molecule has 1 saturated carbocycles. The van der Waals surface area contributed by atoms with E-state index in [1.165, 1.54) is 89.9 Å². The minimum atomic E-state index is 1.02. The van der Waals surface area contributed by atoms with Crippen molar-refractivity contribution in [2.45, 2.75) is 111 Å². The molecule has 0 N–H and O–H groups in total. The maximum absolute atomic E-state index is 2.43. The molecular weight excluding hydrogens is 240 g/mol. The molecule has 2 atom stereocenters. The van der Waals surface area contributed by atoms with Crippen molar-refractivity contribution in [3.05, 3.63) is 0 Å². The quantitative estimate of drug-likeness (QED) is 0.346. The zero-order valence-electron chi connectivity index (χ0n) is 14.6. The minimum absolute atomic E-state index is 1.02. The summed E-state index contributed by atoms with van der Waals surface area (Å²) in [5.74, 6) is 3.14. The molecule has 0 radical (unpaired) electrons. The van der Waals surface area contributed by atoms with Crippen LogP contribution in [0, 0.1) is 17.8 Å². The maximum atomic E-state index is 2.43. The van der Waals surface area contributed by atoms with Crippen molar-refractivity contribution in [2.24, 2.45) is 17.8 Å². The van der Waals surface area contributed by atoms with Crippen molar-refractivity contribution in [1.82, 2.24) is 0 Å². The molecule has 0 aromatic rings. The normalized spacial score (nSPS) is 19.9. The fourth-order valence-electron chi connectivity index (χ4n) is 4.24. The Hall–Kier alpha value is 0. The topological polar surface area (TPSA) is 0 Å². The van der Waals surface area contributed by atoms with Gasteiger partial charge in [0.2, 0.25) is 0 Å². The van der Waals surface area contributed by atoms with Crippen LogP contribution >= 0.6 is 0 Å². The predicted molar refractivity (Wildman–Crippen MR) is 92.1 cm³/mol. The highest BCUT2D eigenvalue weighted by Gasteiger charge is 2.22. The first-order valence-electron chi connectivity index (χ1n) is 9.81. The Labute approximate surface area is 129 Å². The maximum Gasteiger partial charge on any atom is -0.0386 e. The van der Waals surface area contributed by atoms with Crippen LogP contribution in [0.15, 0.2) is 0 Å². The summed E-state index contributed by atoms with van der Waals surface area (Å²) in [7, 11) is 0. The molecule has 0 aliphatic heterocycles. The first-order valence-corrected chi connectivity index (χ1v) is 9.81. The summed E-state index contributed by atoms with van der Waals surface area (Å²) in [6.07, 6.45) is 20.7. The van der Waals surface area contributed by atoms with E-state index >= 15 is 0 Å². The van der Waals surface area contributed by atoms with Crippen LogP contribution in [-0.4, -0.2) is 0 Å². The monoisotopic (exact) mass is 280 g/mol. The van der Waals surface area contributed by atoms with E-state index in [2.05, 4.69) is 20.8 Å². The Kier molecular flexibility index (Phi) is 10.5. The lowest BCUT2D eigenvalue weighted by molar-refractivity contribution is 0.213. The van der Waals surface area contributed by atoms with Gasteiger partial charge in [0.05, 0.1) is 0 Å². The molecule has 1 fully saturated rings. The fraction of sp³-hybridized carbons (Fsp3) is 1.00. The van der Waals surface area contributed by atoms with E-state index < -0.39 is 0 Å². The molecule has 0 saturated heterocycles. The molecule has 1 rings (SSSR count). The first kappa shape index (κ1) is 18.1. The van der Waals surface area contributed by atoms with Gasteiger partial charge in [0, 0.05) is 0 Å². The fourth-order valence-corrected chi connectivity index (χ4v) is 4.24. The van der Waals surface area contributed by atoms with Crippen LogP contribution in [0.2, 0.25) is 0 Å². The molecule has 0 aromatic heterocycles. The van der Waals surface area contributed by atoms with Crippen LogP contribution < -0.4 is 0 Å². The standard InChI is InChI=1S/C20H40/c1-4-7-8-10-13-18(5-2)16-17-19(6-3)20-14-11-9-12-15-20/h18-20H,4-17H2,1-3H3. The third-order valence-electron chi connectivity index (χ3n) is 5.83. The van der Waals surface area contributed by atoms with Gasteiger partial charge in [0.25, 0.3) is 0 Å². The molecule has 0 nitrogen and oxygen atoms in total. The van der Waals surface area contributed by atoms with Gasteiger partial charge >= 0.3 is 0 Å². The summed E-state index contributed by atoms with van der Waals surface area (Å²) in [4.78, 5) is 0. The molecule has 2 unspecified atom stereocenters. The van der Waals surface area contributed by atoms with E-state index in [9.17, 15) is 0 Å². The van der Waals surface area contributed by atoms with Crippen LogP contribution in [0.5, 0.6) is 0 Å². The summed E-state index contributed by atoms with van der Waals surface area (Å²) in [6, 6.07) is 0. The number of hydrogen-bond donors (Lipinski definition) is 0. The van der Waals surface area contributed by atoms with Crippen molar-refractivity contribution in [2.75, 3.05) is 0 Å². The molecule has 0 aromatic carbocycles. The van der Waals surface area contributed by atoms with E-state index in [4.69, 9.17) is 0 Å². The molecular formula is C20H40. The molecule has 1 aliphatic carbocycles. The van der Waals surface area contributed by atoms with Crippen LogP contribution in [0.4, 0.5) is 0 Å².